The summed E-state index contributed by atoms with van der Waals surface area (Å²) in [5, 5.41) is 10.1. The number of anilines is 1. The van der Waals surface area contributed by atoms with E-state index in [9.17, 15) is 9.90 Å². The first kappa shape index (κ1) is 16.1. The molecule has 2 fully saturated rings. The molecule has 2 aliphatic rings. The molecule has 0 spiro atoms. The van der Waals surface area contributed by atoms with Gasteiger partial charge < -0.3 is 14.4 Å². The fourth-order valence-corrected chi connectivity index (χ4v) is 4.36. The van der Waals surface area contributed by atoms with Crippen LogP contribution in [0.5, 0.6) is 0 Å². The average molecular weight is 341 g/mol. The monoisotopic (exact) mass is 341 g/mol. The molecule has 2 aliphatic heterocycles. The lowest BCUT2D eigenvalue weighted by atomic mass is 9.75. The van der Waals surface area contributed by atoms with Crippen LogP contribution in [0.3, 0.4) is 0 Å². The fraction of sp³-hybridized carbons (Fsp3) is 0.474. The van der Waals surface area contributed by atoms with Crippen LogP contribution >= 0.6 is 0 Å². The Morgan fingerprint density at radius 2 is 2.28 bits per heavy atom. The Labute approximate surface area is 147 Å². The first-order valence-corrected chi connectivity index (χ1v) is 8.80. The zero-order valence-electron chi connectivity index (χ0n) is 14.2. The SMILES string of the molecule is O=C(O)[C@]12CCCN(Cc3ccoc3)C[C@H]1CN(c1ccccn1)C2. The van der Waals surface area contributed by atoms with Gasteiger partial charge in [-0.25, -0.2) is 4.98 Å². The lowest BCUT2D eigenvalue weighted by Gasteiger charge is -2.29. The third-order valence-electron chi connectivity index (χ3n) is 5.66. The third kappa shape index (κ3) is 3.02. The Balaban J connectivity index is 1.56. The van der Waals surface area contributed by atoms with E-state index in [-0.39, 0.29) is 5.92 Å². The number of hydrogen-bond acceptors (Lipinski definition) is 5. The number of carboxylic acids is 1. The quantitative estimate of drug-likeness (QED) is 0.921. The summed E-state index contributed by atoms with van der Waals surface area (Å²) in [6.07, 6.45) is 6.84. The van der Waals surface area contributed by atoms with Crippen molar-refractivity contribution in [2.45, 2.75) is 19.4 Å². The van der Waals surface area contributed by atoms with Gasteiger partial charge in [0.05, 0.1) is 17.9 Å². The van der Waals surface area contributed by atoms with Crippen molar-refractivity contribution in [1.29, 1.82) is 0 Å². The fourth-order valence-electron chi connectivity index (χ4n) is 4.36. The van der Waals surface area contributed by atoms with Crippen LogP contribution in [0.1, 0.15) is 18.4 Å². The number of hydrogen-bond donors (Lipinski definition) is 1. The molecule has 4 rings (SSSR count). The molecule has 2 aromatic rings. The number of aliphatic carboxylic acids is 1. The van der Waals surface area contributed by atoms with Crippen molar-refractivity contribution in [2.75, 3.05) is 31.1 Å². The van der Waals surface area contributed by atoms with Gasteiger partial charge in [0.15, 0.2) is 0 Å². The Morgan fingerprint density at radius 1 is 1.36 bits per heavy atom. The van der Waals surface area contributed by atoms with Crippen LogP contribution in [0.25, 0.3) is 0 Å². The van der Waals surface area contributed by atoms with Crippen LogP contribution < -0.4 is 4.90 Å². The summed E-state index contributed by atoms with van der Waals surface area (Å²) >= 11 is 0. The minimum absolute atomic E-state index is 0.0985. The van der Waals surface area contributed by atoms with Crippen LogP contribution in [0.15, 0.2) is 47.4 Å². The molecule has 2 atom stereocenters. The molecule has 1 N–H and O–H groups in total. The van der Waals surface area contributed by atoms with Gasteiger partial charge >= 0.3 is 5.97 Å². The van der Waals surface area contributed by atoms with Gasteiger partial charge in [0.1, 0.15) is 5.82 Å². The molecule has 0 bridgehead atoms. The zero-order valence-corrected chi connectivity index (χ0v) is 14.2. The highest BCUT2D eigenvalue weighted by Gasteiger charge is 2.53. The van der Waals surface area contributed by atoms with Crippen molar-refractivity contribution in [2.24, 2.45) is 11.3 Å². The molecule has 132 valence electrons. The minimum Gasteiger partial charge on any atom is -0.481 e. The third-order valence-corrected chi connectivity index (χ3v) is 5.66. The zero-order chi connectivity index (χ0) is 17.3. The molecule has 0 saturated carbocycles. The summed E-state index contributed by atoms with van der Waals surface area (Å²) in [7, 11) is 0. The van der Waals surface area contributed by atoms with Crippen LogP contribution in [0.2, 0.25) is 0 Å². The van der Waals surface area contributed by atoms with Crippen molar-refractivity contribution in [3.8, 4) is 0 Å². The van der Waals surface area contributed by atoms with Crippen LogP contribution in [-0.2, 0) is 11.3 Å². The number of rotatable bonds is 4. The number of carboxylic acid groups (broad SMARTS) is 1. The second-order valence-corrected chi connectivity index (χ2v) is 7.20. The van der Waals surface area contributed by atoms with E-state index in [0.717, 1.165) is 50.4 Å². The van der Waals surface area contributed by atoms with Crippen molar-refractivity contribution in [3.05, 3.63) is 48.6 Å². The second-order valence-electron chi connectivity index (χ2n) is 7.20. The maximum atomic E-state index is 12.2. The minimum atomic E-state index is -0.678. The number of pyridine rings is 1. The molecule has 4 heterocycles. The Kier molecular flexibility index (Phi) is 4.21. The molecular formula is C19H23N3O3. The van der Waals surface area contributed by atoms with Gasteiger partial charge in [0.2, 0.25) is 0 Å². The summed E-state index contributed by atoms with van der Waals surface area (Å²) in [5.74, 6) is 0.306. The maximum Gasteiger partial charge on any atom is 0.311 e. The van der Waals surface area contributed by atoms with Gasteiger partial charge in [-0.1, -0.05) is 6.07 Å². The molecule has 25 heavy (non-hydrogen) atoms. The van der Waals surface area contributed by atoms with E-state index >= 15 is 0 Å². The second kappa shape index (κ2) is 6.52. The van der Waals surface area contributed by atoms with Crippen LogP contribution in [0.4, 0.5) is 5.82 Å². The molecular weight excluding hydrogens is 318 g/mol. The summed E-state index contributed by atoms with van der Waals surface area (Å²) in [4.78, 5) is 21.2. The number of carbonyl (C=O) groups is 1. The summed E-state index contributed by atoms with van der Waals surface area (Å²) in [6.45, 7) is 3.82. The highest BCUT2D eigenvalue weighted by molar-refractivity contribution is 5.77. The predicted molar refractivity (Wildman–Crippen MR) is 93.2 cm³/mol. The summed E-state index contributed by atoms with van der Waals surface area (Å²) in [5.41, 5.74) is 0.463. The van der Waals surface area contributed by atoms with Crippen molar-refractivity contribution < 1.29 is 14.3 Å². The van der Waals surface area contributed by atoms with Gasteiger partial charge in [0.25, 0.3) is 0 Å². The summed E-state index contributed by atoms with van der Waals surface area (Å²) < 4.78 is 5.17. The molecule has 0 aliphatic carbocycles. The van der Waals surface area contributed by atoms with Crippen molar-refractivity contribution in [1.82, 2.24) is 9.88 Å². The van der Waals surface area contributed by atoms with E-state index in [1.54, 1.807) is 18.7 Å². The lowest BCUT2D eigenvalue weighted by Crippen LogP contribution is -2.41. The maximum absolute atomic E-state index is 12.2. The first-order chi connectivity index (χ1) is 12.2. The molecule has 0 amide bonds. The van der Waals surface area contributed by atoms with Gasteiger partial charge in [-0.3, -0.25) is 9.69 Å². The van der Waals surface area contributed by atoms with E-state index < -0.39 is 11.4 Å². The van der Waals surface area contributed by atoms with Gasteiger partial charge in [0, 0.05) is 43.9 Å². The molecule has 6 heteroatoms. The first-order valence-electron chi connectivity index (χ1n) is 8.80. The largest absolute Gasteiger partial charge is 0.481 e. The van der Waals surface area contributed by atoms with Gasteiger partial charge in [-0.05, 0) is 37.6 Å². The average Bonchev–Trinajstić information content (AvgIpc) is 3.21. The molecule has 2 aromatic heterocycles. The number of aromatic nitrogens is 1. The Morgan fingerprint density at radius 3 is 3.00 bits per heavy atom. The number of fused-ring (bicyclic) bond motifs is 1. The van der Waals surface area contributed by atoms with Crippen molar-refractivity contribution in [3.63, 3.8) is 0 Å². The lowest BCUT2D eigenvalue weighted by molar-refractivity contribution is -0.150. The smallest absolute Gasteiger partial charge is 0.311 e. The summed E-state index contributed by atoms with van der Waals surface area (Å²) in [6, 6.07) is 7.78. The molecule has 0 unspecified atom stereocenters. The van der Waals surface area contributed by atoms with E-state index in [4.69, 9.17) is 4.42 Å². The van der Waals surface area contributed by atoms with Crippen LogP contribution in [0, 0.1) is 11.3 Å². The standard InChI is InChI=1S/C19H23N3O3/c23-18(24)19-6-3-8-21(10-15-5-9-25-13-15)11-16(19)12-22(14-19)17-4-1-2-7-20-17/h1-2,4-5,7,9,13,16H,3,6,8,10-12,14H2,(H,23,24)/t16-,19-/m0/s1. The highest BCUT2D eigenvalue weighted by atomic mass is 16.4. The van der Waals surface area contributed by atoms with Crippen molar-refractivity contribution >= 4 is 11.8 Å². The van der Waals surface area contributed by atoms with Gasteiger partial charge in [-0.2, -0.15) is 0 Å². The van der Waals surface area contributed by atoms with E-state index in [0.29, 0.717) is 6.54 Å². The van der Waals surface area contributed by atoms with E-state index in [1.807, 2.05) is 24.3 Å². The topological polar surface area (TPSA) is 69.8 Å². The number of likely N-dealkylation sites (tertiary alicyclic amines) is 1. The highest BCUT2D eigenvalue weighted by Crippen LogP contribution is 2.44. The van der Waals surface area contributed by atoms with E-state index in [1.165, 1.54) is 0 Å². The Bertz CT molecular complexity index is 719. The molecule has 0 radical (unpaired) electrons. The predicted octanol–water partition coefficient (Wildman–Crippen LogP) is 2.48. The molecule has 0 aromatic carbocycles. The van der Waals surface area contributed by atoms with Crippen LogP contribution in [-0.4, -0.2) is 47.1 Å². The number of nitrogens with zero attached hydrogens (tertiary/aromatic N) is 3. The van der Waals surface area contributed by atoms with Gasteiger partial charge in [-0.15, -0.1) is 0 Å². The molecule has 6 nitrogen and oxygen atoms in total. The normalized spacial score (nSPS) is 27.0. The molecule has 2 saturated heterocycles. The Hall–Kier alpha value is -2.34. The number of furan rings is 1. The van der Waals surface area contributed by atoms with E-state index in [2.05, 4.69) is 14.8 Å².